The summed E-state index contributed by atoms with van der Waals surface area (Å²) in [4.78, 5) is 4.35. The summed E-state index contributed by atoms with van der Waals surface area (Å²) in [5.74, 6) is 1.74. The van der Waals surface area contributed by atoms with E-state index in [2.05, 4.69) is 15.2 Å². The fourth-order valence-corrected chi connectivity index (χ4v) is 1.47. The molecular formula is C11H14N4. The molecule has 1 heterocycles. The molecular weight excluding hydrogens is 188 g/mol. The van der Waals surface area contributed by atoms with Gasteiger partial charge in [-0.3, -0.25) is 5.10 Å². The Bertz CT molecular complexity index is 447. The third-order valence-electron chi connectivity index (χ3n) is 2.22. The minimum Gasteiger partial charge on any atom is -0.399 e. The number of rotatable bonds is 3. The first kappa shape index (κ1) is 9.71. The van der Waals surface area contributed by atoms with Gasteiger partial charge in [0.2, 0.25) is 0 Å². The molecule has 0 radical (unpaired) electrons. The molecule has 2 rings (SSSR count). The fraction of sp³-hybridized carbons (Fsp3) is 0.273. The van der Waals surface area contributed by atoms with Gasteiger partial charge in [0.1, 0.15) is 11.6 Å². The second-order valence-electron chi connectivity index (χ2n) is 3.47. The van der Waals surface area contributed by atoms with Crippen LogP contribution < -0.4 is 5.73 Å². The van der Waals surface area contributed by atoms with Crippen molar-refractivity contribution in [3.63, 3.8) is 0 Å². The summed E-state index contributed by atoms with van der Waals surface area (Å²) < 4.78 is 0. The predicted molar refractivity (Wildman–Crippen MR) is 59.4 cm³/mol. The van der Waals surface area contributed by atoms with Gasteiger partial charge in [0.15, 0.2) is 0 Å². The predicted octanol–water partition coefficient (Wildman–Crippen LogP) is 1.54. The van der Waals surface area contributed by atoms with E-state index in [1.807, 2.05) is 31.2 Å². The first-order chi connectivity index (χ1) is 7.28. The molecule has 78 valence electrons. The van der Waals surface area contributed by atoms with Crippen molar-refractivity contribution in [2.24, 2.45) is 0 Å². The average Bonchev–Trinajstić information content (AvgIpc) is 2.65. The van der Waals surface area contributed by atoms with Crippen LogP contribution in [0.2, 0.25) is 0 Å². The lowest BCUT2D eigenvalue weighted by Crippen LogP contribution is -1.93. The molecule has 0 fully saturated rings. The molecule has 0 aliphatic heterocycles. The molecule has 0 amide bonds. The molecule has 3 N–H and O–H groups in total. The van der Waals surface area contributed by atoms with Crippen LogP contribution >= 0.6 is 0 Å². The third-order valence-corrected chi connectivity index (χ3v) is 2.22. The summed E-state index contributed by atoms with van der Waals surface area (Å²) in [5, 5.41) is 7.01. The number of anilines is 1. The van der Waals surface area contributed by atoms with Gasteiger partial charge in [-0.1, -0.05) is 19.1 Å². The molecule has 2 aromatic rings. The lowest BCUT2D eigenvalue weighted by atomic mass is 10.1. The van der Waals surface area contributed by atoms with Crippen molar-refractivity contribution in [1.82, 2.24) is 15.2 Å². The highest BCUT2D eigenvalue weighted by Gasteiger charge is 2.02. The SMILES string of the molecule is CCc1n[nH]c(Cc2cccc(N)c2)n1. The van der Waals surface area contributed by atoms with E-state index in [1.165, 1.54) is 0 Å². The van der Waals surface area contributed by atoms with Crippen LogP contribution in [0.25, 0.3) is 0 Å². The first-order valence-corrected chi connectivity index (χ1v) is 5.02. The Labute approximate surface area is 88.5 Å². The fourth-order valence-electron chi connectivity index (χ4n) is 1.47. The number of aromatic amines is 1. The van der Waals surface area contributed by atoms with Crippen LogP contribution in [0.3, 0.4) is 0 Å². The monoisotopic (exact) mass is 202 g/mol. The molecule has 15 heavy (non-hydrogen) atoms. The Morgan fingerprint density at radius 2 is 2.27 bits per heavy atom. The van der Waals surface area contributed by atoms with Crippen LogP contribution in [-0.2, 0) is 12.8 Å². The van der Waals surface area contributed by atoms with Crippen LogP contribution in [0.1, 0.15) is 24.1 Å². The van der Waals surface area contributed by atoms with Crippen LogP contribution in [0.4, 0.5) is 5.69 Å². The minimum absolute atomic E-state index is 0.748. The second kappa shape index (κ2) is 4.13. The molecule has 1 aromatic heterocycles. The van der Waals surface area contributed by atoms with Gasteiger partial charge in [0.05, 0.1) is 0 Å². The van der Waals surface area contributed by atoms with Gasteiger partial charge in [-0.2, -0.15) is 5.10 Å². The highest BCUT2D eigenvalue weighted by atomic mass is 15.2. The van der Waals surface area contributed by atoms with Crippen LogP contribution in [0, 0.1) is 0 Å². The molecule has 0 aliphatic carbocycles. The van der Waals surface area contributed by atoms with Crippen LogP contribution in [0.5, 0.6) is 0 Å². The van der Waals surface area contributed by atoms with E-state index in [0.29, 0.717) is 0 Å². The standard InChI is InChI=1S/C11H14N4/c1-2-10-13-11(15-14-10)7-8-4-3-5-9(12)6-8/h3-6H,2,7,12H2,1H3,(H,13,14,15). The molecule has 0 spiro atoms. The molecule has 0 atom stereocenters. The molecule has 1 aromatic carbocycles. The van der Waals surface area contributed by atoms with Crippen molar-refractivity contribution in [3.8, 4) is 0 Å². The van der Waals surface area contributed by atoms with Crippen molar-refractivity contribution >= 4 is 5.69 Å². The van der Waals surface area contributed by atoms with Gasteiger partial charge in [-0.05, 0) is 17.7 Å². The highest BCUT2D eigenvalue weighted by Crippen LogP contribution is 2.09. The number of nitrogens with two attached hydrogens (primary N) is 1. The lowest BCUT2D eigenvalue weighted by Gasteiger charge is -1.98. The molecule has 4 heteroatoms. The van der Waals surface area contributed by atoms with Crippen LogP contribution in [-0.4, -0.2) is 15.2 Å². The molecule has 4 nitrogen and oxygen atoms in total. The first-order valence-electron chi connectivity index (χ1n) is 5.02. The van der Waals surface area contributed by atoms with E-state index in [0.717, 1.165) is 35.7 Å². The number of nitrogens with one attached hydrogen (secondary N) is 1. The molecule has 0 saturated heterocycles. The summed E-state index contributed by atoms with van der Waals surface area (Å²) in [6, 6.07) is 7.81. The highest BCUT2D eigenvalue weighted by molar-refractivity contribution is 5.41. The maximum Gasteiger partial charge on any atom is 0.150 e. The topological polar surface area (TPSA) is 67.6 Å². The summed E-state index contributed by atoms with van der Waals surface area (Å²) >= 11 is 0. The van der Waals surface area contributed by atoms with Crippen molar-refractivity contribution in [2.75, 3.05) is 5.73 Å². The Kier molecular flexibility index (Phi) is 2.67. The summed E-state index contributed by atoms with van der Waals surface area (Å²) in [7, 11) is 0. The van der Waals surface area contributed by atoms with E-state index in [-0.39, 0.29) is 0 Å². The summed E-state index contributed by atoms with van der Waals surface area (Å²) in [5.41, 5.74) is 7.62. The molecule has 0 unspecified atom stereocenters. The zero-order valence-corrected chi connectivity index (χ0v) is 8.70. The number of aromatic nitrogens is 3. The zero-order valence-electron chi connectivity index (χ0n) is 8.70. The summed E-state index contributed by atoms with van der Waals surface area (Å²) in [6.45, 7) is 2.04. The average molecular weight is 202 g/mol. The second-order valence-corrected chi connectivity index (χ2v) is 3.47. The Morgan fingerprint density at radius 3 is 2.93 bits per heavy atom. The third kappa shape index (κ3) is 2.34. The van der Waals surface area contributed by atoms with Gasteiger partial charge in [-0.25, -0.2) is 4.98 Å². The number of aryl methyl sites for hydroxylation is 1. The van der Waals surface area contributed by atoms with E-state index >= 15 is 0 Å². The quantitative estimate of drug-likeness (QED) is 0.742. The van der Waals surface area contributed by atoms with Crippen LogP contribution in [0.15, 0.2) is 24.3 Å². The largest absolute Gasteiger partial charge is 0.399 e. The van der Waals surface area contributed by atoms with E-state index in [1.54, 1.807) is 0 Å². The van der Waals surface area contributed by atoms with E-state index in [9.17, 15) is 0 Å². The molecule has 0 bridgehead atoms. The maximum absolute atomic E-state index is 5.70. The number of H-pyrrole nitrogens is 1. The normalized spacial score (nSPS) is 10.5. The maximum atomic E-state index is 5.70. The van der Waals surface area contributed by atoms with Crippen molar-refractivity contribution in [2.45, 2.75) is 19.8 Å². The van der Waals surface area contributed by atoms with E-state index in [4.69, 9.17) is 5.73 Å². The van der Waals surface area contributed by atoms with Crippen molar-refractivity contribution < 1.29 is 0 Å². The number of nitrogen functional groups attached to an aromatic ring is 1. The number of hydrogen-bond acceptors (Lipinski definition) is 3. The number of nitrogens with zero attached hydrogens (tertiary/aromatic N) is 2. The van der Waals surface area contributed by atoms with Crippen molar-refractivity contribution in [1.29, 1.82) is 0 Å². The smallest absolute Gasteiger partial charge is 0.150 e. The molecule has 0 aliphatic rings. The van der Waals surface area contributed by atoms with Gasteiger partial charge in [-0.15, -0.1) is 0 Å². The van der Waals surface area contributed by atoms with Gasteiger partial charge in [0.25, 0.3) is 0 Å². The Morgan fingerprint density at radius 1 is 1.40 bits per heavy atom. The Hall–Kier alpha value is -1.84. The molecule has 0 saturated carbocycles. The minimum atomic E-state index is 0.748. The van der Waals surface area contributed by atoms with E-state index < -0.39 is 0 Å². The summed E-state index contributed by atoms with van der Waals surface area (Å²) in [6.07, 6.45) is 1.60. The van der Waals surface area contributed by atoms with Crippen molar-refractivity contribution in [3.05, 3.63) is 41.5 Å². The van der Waals surface area contributed by atoms with Gasteiger partial charge >= 0.3 is 0 Å². The van der Waals surface area contributed by atoms with Gasteiger partial charge < -0.3 is 5.73 Å². The number of benzene rings is 1. The number of hydrogen-bond donors (Lipinski definition) is 2. The lowest BCUT2D eigenvalue weighted by molar-refractivity contribution is 0.942. The zero-order chi connectivity index (χ0) is 10.7. The Balaban J connectivity index is 2.14. The van der Waals surface area contributed by atoms with Gasteiger partial charge in [0, 0.05) is 18.5 Å².